The molecule has 0 saturated heterocycles. The minimum Gasteiger partial charge on any atom is -0.497 e. The second-order valence-corrected chi connectivity index (χ2v) is 7.91. The zero-order valence-electron chi connectivity index (χ0n) is 15.7. The van der Waals surface area contributed by atoms with Crippen LogP contribution in [0, 0.1) is 0 Å². The number of hydrogen-bond acceptors (Lipinski definition) is 8. The highest BCUT2D eigenvalue weighted by Gasteiger charge is 2.13. The Kier molecular flexibility index (Phi) is 5.97. The maximum atomic E-state index is 6.19. The van der Waals surface area contributed by atoms with Crippen LogP contribution in [0.15, 0.2) is 65.1 Å². The maximum absolute atomic E-state index is 6.19. The fourth-order valence-electron chi connectivity index (χ4n) is 2.59. The summed E-state index contributed by atoms with van der Waals surface area (Å²) >= 11 is 3.07. The fraction of sp³-hybridized carbons (Fsp3) is 0.150. The molecule has 0 aliphatic heterocycles. The number of thioether (sulfide) groups is 1. The Morgan fingerprint density at radius 1 is 1.03 bits per heavy atom. The maximum Gasteiger partial charge on any atom is 0.210 e. The number of nitrogens with zero attached hydrogens (tertiary/aromatic N) is 4. The van der Waals surface area contributed by atoms with E-state index in [9.17, 15) is 0 Å². The van der Waals surface area contributed by atoms with Crippen LogP contribution in [0.5, 0.6) is 11.5 Å². The molecular weight excluding hydrogens is 406 g/mol. The lowest BCUT2D eigenvalue weighted by atomic mass is 10.2. The van der Waals surface area contributed by atoms with Crippen LogP contribution in [-0.4, -0.2) is 27.0 Å². The summed E-state index contributed by atoms with van der Waals surface area (Å²) in [7, 11) is 1.63. The van der Waals surface area contributed by atoms with Gasteiger partial charge in [0.25, 0.3) is 0 Å². The van der Waals surface area contributed by atoms with E-state index in [0.717, 1.165) is 27.8 Å². The van der Waals surface area contributed by atoms with E-state index in [1.54, 1.807) is 18.4 Å². The Morgan fingerprint density at radius 2 is 1.83 bits per heavy atom. The molecule has 4 rings (SSSR count). The molecule has 0 radical (unpaired) electrons. The van der Waals surface area contributed by atoms with Crippen molar-refractivity contribution in [3.05, 3.63) is 70.7 Å². The normalized spacial score (nSPS) is 10.8. The summed E-state index contributed by atoms with van der Waals surface area (Å²) in [6.45, 7) is 0.452. The second kappa shape index (κ2) is 8.97. The van der Waals surface area contributed by atoms with E-state index in [-0.39, 0.29) is 0 Å². The van der Waals surface area contributed by atoms with Crippen molar-refractivity contribution in [2.75, 3.05) is 13.0 Å². The van der Waals surface area contributed by atoms with Crippen molar-refractivity contribution in [2.45, 2.75) is 17.5 Å². The zero-order chi connectivity index (χ0) is 20.1. The smallest absolute Gasteiger partial charge is 0.210 e. The molecule has 9 heteroatoms. The van der Waals surface area contributed by atoms with Crippen molar-refractivity contribution in [3.63, 3.8) is 0 Å². The van der Waals surface area contributed by atoms with E-state index < -0.39 is 0 Å². The predicted molar refractivity (Wildman–Crippen MR) is 115 cm³/mol. The van der Waals surface area contributed by atoms with E-state index in [2.05, 4.69) is 15.2 Å². The topological polar surface area (TPSA) is 88.1 Å². The highest BCUT2D eigenvalue weighted by Crippen LogP contribution is 2.26. The standard InChI is InChI=1S/C20H19N5O2S2/c1-26-16-9-7-14(8-10-16)19-23-24-20(25(19)21)29-13-15-12-28-18(22-15)11-27-17-5-3-2-4-6-17/h2-10,12H,11,13,21H2,1H3. The average Bonchev–Trinajstić information content (AvgIpc) is 3.38. The van der Waals surface area contributed by atoms with Crippen molar-refractivity contribution in [1.82, 2.24) is 19.9 Å². The Labute approximate surface area is 176 Å². The molecule has 0 aliphatic carbocycles. The third-order valence-electron chi connectivity index (χ3n) is 4.07. The first kappa shape index (κ1) is 19.3. The van der Waals surface area contributed by atoms with E-state index in [1.807, 2.05) is 60.0 Å². The van der Waals surface area contributed by atoms with Crippen molar-refractivity contribution < 1.29 is 9.47 Å². The van der Waals surface area contributed by atoms with E-state index in [4.69, 9.17) is 15.3 Å². The molecule has 0 aliphatic rings. The number of hydrogen-bond donors (Lipinski definition) is 1. The number of nitrogens with two attached hydrogens (primary N) is 1. The highest BCUT2D eigenvalue weighted by atomic mass is 32.2. The second-order valence-electron chi connectivity index (χ2n) is 6.03. The van der Waals surface area contributed by atoms with E-state index >= 15 is 0 Å². The lowest BCUT2D eigenvalue weighted by molar-refractivity contribution is 0.305. The molecule has 2 aromatic carbocycles. The zero-order valence-corrected chi connectivity index (χ0v) is 17.3. The molecule has 29 heavy (non-hydrogen) atoms. The lowest BCUT2D eigenvalue weighted by Crippen LogP contribution is -2.11. The van der Waals surface area contributed by atoms with Gasteiger partial charge in [-0.25, -0.2) is 9.66 Å². The van der Waals surface area contributed by atoms with Gasteiger partial charge in [-0.2, -0.15) is 0 Å². The molecule has 148 valence electrons. The fourth-order valence-corrected chi connectivity index (χ4v) is 4.15. The third-order valence-corrected chi connectivity index (χ3v) is 5.91. The van der Waals surface area contributed by atoms with Gasteiger partial charge in [0.15, 0.2) is 5.82 Å². The molecule has 0 saturated carbocycles. The molecular formula is C20H19N5O2S2. The van der Waals surface area contributed by atoms with Crippen molar-refractivity contribution >= 4 is 23.1 Å². The Balaban J connectivity index is 1.36. The van der Waals surface area contributed by atoms with Gasteiger partial charge in [0.1, 0.15) is 23.1 Å². The van der Waals surface area contributed by atoms with Crippen molar-refractivity contribution in [2.24, 2.45) is 0 Å². The van der Waals surface area contributed by atoms with Crippen LogP contribution in [0.3, 0.4) is 0 Å². The minimum atomic E-state index is 0.452. The van der Waals surface area contributed by atoms with Crippen LogP contribution in [0.2, 0.25) is 0 Å². The summed E-state index contributed by atoms with van der Waals surface area (Å²) in [5, 5.41) is 12.0. The van der Waals surface area contributed by atoms with Gasteiger partial charge in [-0.3, -0.25) is 0 Å². The van der Waals surface area contributed by atoms with E-state index in [0.29, 0.717) is 23.3 Å². The number of ether oxygens (including phenoxy) is 2. The number of para-hydroxylation sites is 1. The molecule has 0 amide bonds. The molecule has 7 nitrogen and oxygen atoms in total. The van der Waals surface area contributed by atoms with Gasteiger partial charge in [-0.15, -0.1) is 21.5 Å². The summed E-state index contributed by atoms with van der Waals surface area (Å²) in [4.78, 5) is 4.61. The third kappa shape index (κ3) is 4.69. The van der Waals surface area contributed by atoms with Gasteiger partial charge < -0.3 is 15.3 Å². The molecule has 0 bridgehead atoms. The first-order chi connectivity index (χ1) is 14.2. The quantitative estimate of drug-likeness (QED) is 0.337. The summed E-state index contributed by atoms with van der Waals surface area (Å²) < 4.78 is 12.4. The SMILES string of the molecule is COc1ccc(-c2nnc(SCc3csc(COc4ccccc4)n3)n2N)cc1. The minimum absolute atomic E-state index is 0.452. The van der Waals surface area contributed by atoms with Crippen molar-refractivity contribution in [1.29, 1.82) is 0 Å². The number of methoxy groups -OCH3 is 1. The Hall–Kier alpha value is -3.04. The lowest BCUT2D eigenvalue weighted by Gasteiger charge is -2.04. The van der Waals surface area contributed by atoms with Crippen molar-refractivity contribution in [3.8, 4) is 22.9 Å². The van der Waals surface area contributed by atoms with Gasteiger partial charge in [0, 0.05) is 16.7 Å². The molecule has 2 heterocycles. The van der Waals surface area contributed by atoms with Gasteiger partial charge in [-0.05, 0) is 36.4 Å². The molecule has 0 unspecified atom stereocenters. The number of nitrogen functional groups attached to an aromatic ring is 1. The Bertz CT molecular complexity index is 1060. The van der Waals surface area contributed by atoms with Gasteiger partial charge in [-0.1, -0.05) is 30.0 Å². The number of rotatable bonds is 8. The summed E-state index contributed by atoms with van der Waals surface area (Å²) in [6.07, 6.45) is 0. The molecule has 2 aromatic heterocycles. The highest BCUT2D eigenvalue weighted by molar-refractivity contribution is 7.98. The van der Waals surface area contributed by atoms with Crippen LogP contribution in [0.25, 0.3) is 11.4 Å². The molecule has 0 atom stereocenters. The predicted octanol–water partition coefficient (Wildman–Crippen LogP) is 4.00. The molecule has 2 N–H and O–H groups in total. The van der Waals surface area contributed by atoms with Gasteiger partial charge >= 0.3 is 0 Å². The molecule has 0 fully saturated rings. The monoisotopic (exact) mass is 425 g/mol. The summed E-state index contributed by atoms with van der Waals surface area (Å²) in [5.41, 5.74) is 1.84. The van der Waals surface area contributed by atoms with E-state index in [1.165, 1.54) is 16.4 Å². The van der Waals surface area contributed by atoms with Crippen LogP contribution >= 0.6 is 23.1 Å². The first-order valence-corrected chi connectivity index (χ1v) is 10.7. The largest absolute Gasteiger partial charge is 0.497 e. The van der Waals surface area contributed by atoms with Crippen LogP contribution in [-0.2, 0) is 12.4 Å². The summed E-state index contributed by atoms with van der Waals surface area (Å²) in [5.74, 6) is 9.06. The summed E-state index contributed by atoms with van der Waals surface area (Å²) in [6, 6.07) is 17.3. The number of thiazole rings is 1. The number of aromatic nitrogens is 4. The average molecular weight is 426 g/mol. The number of benzene rings is 2. The van der Waals surface area contributed by atoms with Crippen LogP contribution in [0.1, 0.15) is 10.7 Å². The Morgan fingerprint density at radius 3 is 2.59 bits per heavy atom. The first-order valence-electron chi connectivity index (χ1n) is 8.82. The molecule has 4 aromatic rings. The molecule has 0 spiro atoms. The van der Waals surface area contributed by atoms with Gasteiger partial charge in [0.2, 0.25) is 5.16 Å². The van der Waals surface area contributed by atoms with Gasteiger partial charge in [0.05, 0.1) is 12.8 Å². The van der Waals surface area contributed by atoms with Crippen LogP contribution < -0.4 is 15.3 Å². The van der Waals surface area contributed by atoms with Crippen LogP contribution in [0.4, 0.5) is 0 Å².